The van der Waals surface area contributed by atoms with Gasteiger partial charge in [0.1, 0.15) is 16.3 Å². The summed E-state index contributed by atoms with van der Waals surface area (Å²) in [5.41, 5.74) is 2.95. The molecule has 4 rings (SSSR count). The number of anilines is 1. The Hall–Kier alpha value is -3.33. The van der Waals surface area contributed by atoms with E-state index in [1.54, 1.807) is 18.9 Å². The summed E-state index contributed by atoms with van der Waals surface area (Å²) in [6, 6.07) is 9.55. The molecular weight excluding hydrogens is 402 g/mol. The molecule has 2 N–H and O–H groups in total. The number of nitrogens with one attached hydrogen (secondary N) is 2. The Kier molecular flexibility index (Phi) is 5.45. The number of aromatic amines is 1. The van der Waals surface area contributed by atoms with Crippen LogP contribution in [0.5, 0.6) is 11.5 Å². The van der Waals surface area contributed by atoms with Crippen molar-refractivity contribution in [2.75, 3.05) is 19.5 Å². The fourth-order valence-corrected chi connectivity index (χ4v) is 4.36. The summed E-state index contributed by atoms with van der Waals surface area (Å²) in [7, 11) is 5.15. The number of H-pyrrole nitrogens is 1. The van der Waals surface area contributed by atoms with Crippen LogP contribution in [0, 0.1) is 6.92 Å². The number of aryl methyl sites for hydroxylation is 4. The zero-order valence-corrected chi connectivity index (χ0v) is 18.1. The first-order chi connectivity index (χ1) is 14.5. The van der Waals surface area contributed by atoms with Gasteiger partial charge in [-0.3, -0.25) is 14.6 Å². The van der Waals surface area contributed by atoms with Gasteiger partial charge in [0, 0.05) is 30.3 Å². The van der Waals surface area contributed by atoms with E-state index in [2.05, 4.69) is 20.6 Å². The minimum atomic E-state index is -0.175. The van der Waals surface area contributed by atoms with Crippen molar-refractivity contribution in [1.82, 2.24) is 20.0 Å². The van der Waals surface area contributed by atoms with Crippen LogP contribution < -0.4 is 14.8 Å². The van der Waals surface area contributed by atoms with Crippen molar-refractivity contribution in [3.8, 4) is 11.5 Å². The number of ether oxygens (including phenoxy) is 2. The number of carbonyl (C=O) groups excluding carboxylic acids is 1. The summed E-state index contributed by atoms with van der Waals surface area (Å²) in [5, 5.41) is 15.4. The fraction of sp³-hybridized carbons (Fsp3) is 0.286. The highest BCUT2D eigenvalue weighted by molar-refractivity contribution is 7.20. The number of hydrogen-bond acceptors (Lipinski definition) is 6. The number of fused-ring (bicyclic) bond motifs is 1. The van der Waals surface area contributed by atoms with Crippen LogP contribution in [-0.4, -0.2) is 40.1 Å². The average molecular weight is 426 g/mol. The predicted molar refractivity (Wildman–Crippen MR) is 117 cm³/mol. The van der Waals surface area contributed by atoms with Gasteiger partial charge in [-0.25, -0.2) is 0 Å². The van der Waals surface area contributed by atoms with E-state index in [4.69, 9.17) is 9.47 Å². The van der Waals surface area contributed by atoms with E-state index in [9.17, 15) is 4.79 Å². The van der Waals surface area contributed by atoms with Crippen molar-refractivity contribution in [1.29, 1.82) is 0 Å². The second-order valence-electron chi connectivity index (χ2n) is 6.99. The van der Waals surface area contributed by atoms with Gasteiger partial charge in [0.25, 0.3) is 5.91 Å². The molecule has 0 spiro atoms. The molecule has 3 heterocycles. The average Bonchev–Trinajstić information content (AvgIpc) is 3.44. The molecule has 0 bridgehead atoms. The Morgan fingerprint density at radius 2 is 1.87 bits per heavy atom. The maximum Gasteiger partial charge on any atom is 0.267 e. The monoisotopic (exact) mass is 425 g/mol. The van der Waals surface area contributed by atoms with E-state index in [-0.39, 0.29) is 5.91 Å². The van der Waals surface area contributed by atoms with Crippen LogP contribution in [0.4, 0.5) is 5.82 Å². The number of amides is 1. The molecule has 30 heavy (non-hydrogen) atoms. The number of benzene rings is 1. The van der Waals surface area contributed by atoms with Crippen molar-refractivity contribution in [2.24, 2.45) is 7.05 Å². The summed E-state index contributed by atoms with van der Waals surface area (Å²) < 4.78 is 12.4. The Balaban J connectivity index is 1.41. The number of carbonyl (C=O) groups is 1. The minimum absolute atomic E-state index is 0.175. The maximum absolute atomic E-state index is 12.6. The molecule has 0 fully saturated rings. The Bertz CT molecular complexity index is 1150. The zero-order valence-electron chi connectivity index (χ0n) is 17.3. The third-order valence-electron chi connectivity index (χ3n) is 4.89. The lowest BCUT2D eigenvalue weighted by Crippen LogP contribution is -2.10. The molecule has 4 aromatic rings. The first-order valence-electron chi connectivity index (χ1n) is 9.47. The van der Waals surface area contributed by atoms with E-state index in [1.807, 2.05) is 44.3 Å². The van der Waals surface area contributed by atoms with Crippen molar-refractivity contribution < 1.29 is 14.3 Å². The lowest BCUT2D eigenvalue weighted by molar-refractivity contribution is 0.103. The van der Waals surface area contributed by atoms with Gasteiger partial charge >= 0.3 is 0 Å². The van der Waals surface area contributed by atoms with Crippen molar-refractivity contribution in [3.63, 3.8) is 0 Å². The lowest BCUT2D eigenvalue weighted by Gasteiger charge is -2.07. The normalized spacial score (nSPS) is 11.1. The highest BCUT2D eigenvalue weighted by atomic mass is 32.1. The number of rotatable bonds is 7. The summed E-state index contributed by atoms with van der Waals surface area (Å²) in [6.45, 7) is 1.94. The second kappa shape index (κ2) is 8.19. The van der Waals surface area contributed by atoms with Crippen LogP contribution in [0.3, 0.4) is 0 Å². The van der Waals surface area contributed by atoms with Crippen molar-refractivity contribution in [2.45, 2.75) is 19.8 Å². The topological polar surface area (TPSA) is 94.1 Å². The second-order valence-corrected chi connectivity index (χ2v) is 8.02. The number of nitrogens with zero attached hydrogens (tertiary/aromatic N) is 3. The molecule has 3 aromatic heterocycles. The lowest BCUT2D eigenvalue weighted by atomic mass is 10.1. The smallest absolute Gasteiger partial charge is 0.267 e. The van der Waals surface area contributed by atoms with Crippen LogP contribution >= 0.6 is 11.3 Å². The molecule has 8 nitrogen and oxygen atoms in total. The van der Waals surface area contributed by atoms with Gasteiger partial charge in [0.2, 0.25) is 0 Å². The van der Waals surface area contributed by atoms with E-state index in [1.165, 1.54) is 11.3 Å². The molecule has 0 saturated heterocycles. The van der Waals surface area contributed by atoms with Crippen LogP contribution in [0.25, 0.3) is 10.2 Å². The standard InChI is InChI=1S/C21H23N5O3S/c1-12-17-11-18(30-21(17)26(2)25-12)20(27)22-19-9-14(23-24-19)6-5-13-7-15(28-3)10-16(8-13)29-4/h7-11H,5-6H2,1-4H3,(H2,22,23,24,27). The Labute approximate surface area is 177 Å². The molecule has 156 valence electrons. The van der Waals surface area contributed by atoms with Crippen molar-refractivity contribution >= 4 is 33.3 Å². The molecular formula is C21H23N5O3S. The molecule has 1 aromatic carbocycles. The third-order valence-corrected chi connectivity index (χ3v) is 6.09. The molecule has 0 radical (unpaired) electrons. The zero-order chi connectivity index (χ0) is 21.3. The molecule has 0 saturated carbocycles. The molecule has 0 atom stereocenters. The summed E-state index contributed by atoms with van der Waals surface area (Å²) >= 11 is 1.42. The molecule has 0 unspecified atom stereocenters. The quantitative estimate of drug-likeness (QED) is 0.471. The first kappa shape index (κ1) is 20.0. The third kappa shape index (κ3) is 4.02. The van der Waals surface area contributed by atoms with Crippen LogP contribution in [0.15, 0.2) is 30.3 Å². The summed E-state index contributed by atoms with van der Waals surface area (Å²) in [5.74, 6) is 1.85. The summed E-state index contributed by atoms with van der Waals surface area (Å²) in [4.78, 5) is 14.2. The first-order valence-corrected chi connectivity index (χ1v) is 10.3. The largest absolute Gasteiger partial charge is 0.497 e. The van der Waals surface area contributed by atoms with E-state index < -0.39 is 0 Å². The number of thiophene rings is 1. The molecule has 1 amide bonds. The molecule has 0 aliphatic heterocycles. The number of aromatic nitrogens is 4. The minimum Gasteiger partial charge on any atom is -0.497 e. The van der Waals surface area contributed by atoms with Gasteiger partial charge in [-0.2, -0.15) is 10.2 Å². The molecule has 9 heteroatoms. The predicted octanol–water partition coefficient (Wildman–Crippen LogP) is 3.72. The van der Waals surface area contributed by atoms with Gasteiger partial charge in [-0.05, 0) is 43.5 Å². The highest BCUT2D eigenvalue weighted by Gasteiger charge is 2.16. The fourth-order valence-electron chi connectivity index (χ4n) is 3.34. The Morgan fingerprint density at radius 1 is 1.13 bits per heavy atom. The van der Waals surface area contributed by atoms with Gasteiger partial charge in [0.05, 0.1) is 24.8 Å². The van der Waals surface area contributed by atoms with Crippen LogP contribution in [-0.2, 0) is 19.9 Å². The van der Waals surface area contributed by atoms with Gasteiger partial charge in [-0.1, -0.05) is 0 Å². The van der Waals surface area contributed by atoms with Crippen LogP contribution in [0.2, 0.25) is 0 Å². The van der Waals surface area contributed by atoms with Crippen LogP contribution in [0.1, 0.15) is 26.6 Å². The number of hydrogen-bond donors (Lipinski definition) is 2. The van der Waals surface area contributed by atoms with Gasteiger partial charge in [0.15, 0.2) is 5.82 Å². The van der Waals surface area contributed by atoms with E-state index in [0.29, 0.717) is 10.7 Å². The van der Waals surface area contributed by atoms with Crippen molar-refractivity contribution in [3.05, 3.63) is 52.2 Å². The number of methoxy groups -OCH3 is 2. The maximum atomic E-state index is 12.6. The SMILES string of the molecule is COc1cc(CCc2cc(NC(=O)c3cc4c(C)nn(C)c4s3)n[nH]2)cc(OC)c1. The highest BCUT2D eigenvalue weighted by Crippen LogP contribution is 2.28. The molecule has 0 aliphatic rings. The Morgan fingerprint density at radius 3 is 2.53 bits per heavy atom. The summed E-state index contributed by atoms with van der Waals surface area (Å²) in [6.07, 6.45) is 1.53. The van der Waals surface area contributed by atoms with Gasteiger partial charge < -0.3 is 14.8 Å². The van der Waals surface area contributed by atoms with Gasteiger partial charge in [-0.15, -0.1) is 11.3 Å². The van der Waals surface area contributed by atoms with E-state index >= 15 is 0 Å². The molecule has 0 aliphatic carbocycles. The van der Waals surface area contributed by atoms with E-state index in [0.717, 1.165) is 51.5 Å².